The van der Waals surface area contributed by atoms with Crippen LogP contribution in [0.2, 0.25) is 0 Å². The first-order chi connectivity index (χ1) is 16.4. The van der Waals surface area contributed by atoms with Crippen LogP contribution in [0.3, 0.4) is 0 Å². The summed E-state index contributed by atoms with van der Waals surface area (Å²) in [5.74, 6) is -1.60. The van der Waals surface area contributed by atoms with E-state index in [4.69, 9.17) is 4.74 Å². The molecule has 35 heavy (non-hydrogen) atoms. The molecule has 7 nitrogen and oxygen atoms in total. The van der Waals surface area contributed by atoms with Crippen LogP contribution in [0.25, 0.3) is 0 Å². The van der Waals surface area contributed by atoms with Crippen molar-refractivity contribution in [1.29, 1.82) is 0 Å². The molecular weight excluding hydrogens is 466 g/mol. The number of hydrazine groups is 1. The van der Waals surface area contributed by atoms with Gasteiger partial charge in [0.15, 0.2) is 5.96 Å². The zero-order valence-corrected chi connectivity index (χ0v) is 21.2. The number of rotatable bonds is 5. The highest BCUT2D eigenvalue weighted by atomic mass is 19.4. The Morgan fingerprint density at radius 3 is 2.29 bits per heavy atom. The number of hydrogen-bond donors (Lipinski definition) is 4. The van der Waals surface area contributed by atoms with Crippen LogP contribution in [-0.2, 0) is 9.53 Å². The number of alkyl halides is 4. The van der Waals surface area contributed by atoms with E-state index >= 15 is 0 Å². The third kappa shape index (κ3) is 8.28. The van der Waals surface area contributed by atoms with Crippen molar-refractivity contribution in [1.82, 2.24) is 21.5 Å². The fourth-order valence-corrected chi connectivity index (χ4v) is 5.24. The first-order valence-electron chi connectivity index (χ1n) is 12.7. The fourth-order valence-electron chi connectivity index (χ4n) is 5.24. The summed E-state index contributed by atoms with van der Waals surface area (Å²) in [6.45, 7) is 6.56. The SMILES string of the molecule is COC1CCC(C2CC(NC(=NCC(C)(C)C)NC(=O)C3CCC(C(F)(F)F)CC3)NN2)CC1F. The van der Waals surface area contributed by atoms with E-state index in [1.54, 1.807) is 7.11 Å². The average molecular weight is 508 g/mol. The number of carbonyl (C=O) groups excluding carboxylic acids is 1. The van der Waals surface area contributed by atoms with Crippen molar-refractivity contribution in [3.63, 3.8) is 0 Å². The van der Waals surface area contributed by atoms with E-state index in [0.717, 1.165) is 6.42 Å². The van der Waals surface area contributed by atoms with E-state index in [1.807, 2.05) is 20.8 Å². The number of carbonyl (C=O) groups is 1. The Bertz CT molecular complexity index is 734. The number of hydrogen-bond acceptors (Lipinski definition) is 5. The van der Waals surface area contributed by atoms with E-state index in [2.05, 4.69) is 26.5 Å². The molecular formula is C24H41F4N5O2. The summed E-state index contributed by atoms with van der Waals surface area (Å²) >= 11 is 0. The molecule has 1 saturated heterocycles. The summed E-state index contributed by atoms with van der Waals surface area (Å²) < 4.78 is 58.5. The summed E-state index contributed by atoms with van der Waals surface area (Å²) in [6.07, 6.45) is -2.72. The largest absolute Gasteiger partial charge is 0.391 e. The highest BCUT2D eigenvalue weighted by Crippen LogP contribution is 2.39. The number of ether oxygens (including phenoxy) is 1. The molecule has 1 heterocycles. The Kier molecular flexibility index (Phi) is 9.42. The predicted molar refractivity (Wildman–Crippen MR) is 126 cm³/mol. The van der Waals surface area contributed by atoms with E-state index in [0.29, 0.717) is 31.8 Å². The molecule has 0 spiro atoms. The summed E-state index contributed by atoms with van der Waals surface area (Å²) in [5, 5.41) is 6.07. The number of nitrogens with zero attached hydrogens (tertiary/aromatic N) is 1. The summed E-state index contributed by atoms with van der Waals surface area (Å²) in [4.78, 5) is 17.4. The van der Waals surface area contributed by atoms with Crippen molar-refractivity contribution >= 4 is 11.9 Å². The van der Waals surface area contributed by atoms with Gasteiger partial charge in [-0.05, 0) is 62.7 Å². The number of aliphatic imine (C=N–C) groups is 1. The quantitative estimate of drug-likeness (QED) is 0.258. The van der Waals surface area contributed by atoms with Gasteiger partial charge in [-0.3, -0.25) is 20.5 Å². The van der Waals surface area contributed by atoms with Crippen LogP contribution in [0, 0.1) is 23.2 Å². The third-order valence-electron chi connectivity index (χ3n) is 7.38. The standard InChI is InChI=1S/C24H41F4N5O2/c1-23(2,3)13-29-22(31-21(34)14-5-8-16(9-6-14)24(26,27)28)30-20-12-18(32-33-20)15-7-10-19(35-4)17(25)11-15/h14-20,32-33H,5-13H2,1-4H3,(H2,29,30,31,34). The van der Waals surface area contributed by atoms with E-state index in [1.165, 1.54) is 0 Å². The number of nitrogens with one attached hydrogen (secondary N) is 4. The number of halogens is 4. The predicted octanol–water partition coefficient (Wildman–Crippen LogP) is 3.81. The molecule has 5 unspecified atom stereocenters. The van der Waals surface area contributed by atoms with Gasteiger partial charge in [-0.15, -0.1) is 0 Å². The molecule has 1 amide bonds. The van der Waals surface area contributed by atoms with Crippen LogP contribution in [-0.4, -0.2) is 56.2 Å². The summed E-state index contributed by atoms with van der Waals surface area (Å²) in [7, 11) is 1.54. The van der Waals surface area contributed by atoms with Crippen molar-refractivity contribution in [3.05, 3.63) is 0 Å². The minimum atomic E-state index is -4.20. The zero-order valence-electron chi connectivity index (χ0n) is 21.2. The Hall–Kier alpha value is -1.46. The van der Waals surface area contributed by atoms with Gasteiger partial charge in [0.2, 0.25) is 5.91 Å². The fraction of sp³-hybridized carbons (Fsp3) is 0.917. The van der Waals surface area contributed by atoms with Gasteiger partial charge < -0.3 is 10.1 Å². The van der Waals surface area contributed by atoms with Crippen LogP contribution in [0.4, 0.5) is 17.6 Å². The number of amides is 1. The third-order valence-corrected chi connectivity index (χ3v) is 7.38. The van der Waals surface area contributed by atoms with Gasteiger partial charge >= 0.3 is 6.18 Å². The molecule has 0 aromatic heterocycles. The molecule has 202 valence electrons. The van der Waals surface area contributed by atoms with Gasteiger partial charge in [-0.2, -0.15) is 13.2 Å². The normalized spacial score (nSPS) is 35.1. The lowest BCUT2D eigenvalue weighted by molar-refractivity contribution is -0.184. The van der Waals surface area contributed by atoms with Crippen LogP contribution in [0.5, 0.6) is 0 Å². The molecule has 1 aliphatic heterocycles. The lowest BCUT2D eigenvalue weighted by atomic mass is 9.80. The second kappa shape index (κ2) is 11.7. The maximum atomic E-state index is 14.4. The van der Waals surface area contributed by atoms with E-state index in [9.17, 15) is 22.4 Å². The number of guanidine groups is 1. The summed E-state index contributed by atoms with van der Waals surface area (Å²) in [6, 6.07) is 0.0702. The monoisotopic (exact) mass is 507 g/mol. The van der Waals surface area contributed by atoms with Gasteiger partial charge in [0.05, 0.1) is 18.2 Å². The first kappa shape index (κ1) is 28.1. The highest BCUT2D eigenvalue weighted by molar-refractivity contribution is 5.98. The van der Waals surface area contributed by atoms with Gasteiger partial charge in [0.1, 0.15) is 6.17 Å². The molecule has 0 aromatic carbocycles. The second-order valence-electron chi connectivity index (χ2n) is 11.5. The molecule has 11 heteroatoms. The topological polar surface area (TPSA) is 86.8 Å². The smallest absolute Gasteiger partial charge is 0.378 e. The molecule has 0 radical (unpaired) electrons. The molecule has 0 aromatic rings. The Morgan fingerprint density at radius 1 is 1.03 bits per heavy atom. The highest BCUT2D eigenvalue weighted by Gasteiger charge is 2.43. The van der Waals surface area contributed by atoms with Crippen molar-refractivity contribution in [2.45, 2.75) is 103 Å². The maximum absolute atomic E-state index is 14.4. The molecule has 3 rings (SSSR count). The molecule has 3 aliphatic rings. The molecule has 3 fully saturated rings. The Morgan fingerprint density at radius 2 is 1.71 bits per heavy atom. The van der Waals surface area contributed by atoms with Crippen LogP contribution < -0.4 is 21.5 Å². The average Bonchev–Trinajstić information content (AvgIpc) is 3.25. The molecule has 2 saturated carbocycles. The van der Waals surface area contributed by atoms with Gasteiger partial charge in [-0.1, -0.05) is 20.8 Å². The Labute approximate surface area is 205 Å². The number of methoxy groups -OCH3 is 1. The van der Waals surface area contributed by atoms with Gasteiger partial charge in [-0.25, -0.2) is 9.82 Å². The minimum Gasteiger partial charge on any atom is -0.378 e. The van der Waals surface area contributed by atoms with Crippen molar-refractivity contribution in [3.8, 4) is 0 Å². The summed E-state index contributed by atoms with van der Waals surface area (Å²) in [5.41, 5.74) is 6.32. The van der Waals surface area contributed by atoms with E-state index in [-0.39, 0.29) is 61.2 Å². The van der Waals surface area contributed by atoms with Gasteiger partial charge in [0.25, 0.3) is 0 Å². The van der Waals surface area contributed by atoms with Gasteiger partial charge in [0, 0.05) is 25.6 Å². The van der Waals surface area contributed by atoms with Crippen LogP contribution in [0.1, 0.15) is 72.1 Å². The first-order valence-corrected chi connectivity index (χ1v) is 12.7. The van der Waals surface area contributed by atoms with Crippen molar-refractivity contribution in [2.75, 3.05) is 13.7 Å². The van der Waals surface area contributed by atoms with Crippen molar-refractivity contribution in [2.24, 2.45) is 28.2 Å². The minimum absolute atomic E-state index is 0.0276. The second-order valence-corrected chi connectivity index (χ2v) is 11.5. The molecule has 0 bridgehead atoms. The molecule has 5 atom stereocenters. The zero-order chi connectivity index (χ0) is 25.8. The molecule has 2 aliphatic carbocycles. The van der Waals surface area contributed by atoms with Crippen LogP contribution >= 0.6 is 0 Å². The Balaban J connectivity index is 1.55. The molecule has 4 N–H and O–H groups in total. The lowest BCUT2D eigenvalue weighted by Gasteiger charge is -2.33. The van der Waals surface area contributed by atoms with E-state index < -0.39 is 24.2 Å². The van der Waals surface area contributed by atoms with Crippen LogP contribution in [0.15, 0.2) is 4.99 Å². The van der Waals surface area contributed by atoms with Crippen molar-refractivity contribution < 1.29 is 27.1 Å². The maximum Gasteiger partial charge on any atom is 0.391 e. The lowest BCUT2D eigenvalue weighted by Crippen LogP contribution is -2.52.